The number of nitrogens with zero attached hydrogens (tertiary/aromatic N) is 2. The lowest BCUT2D eigenvalue weighted by atomic mass is 9.98. The van der Waals surface area contributed by atoms with Crippen LogP contribution in [0.4, 0.5) is 5.13 Å². The van der Waals surface area contributed by atoms with Gasteiger partial charge < -0.3 is 0 Å². The van der Waals surface area contributed by atoms with Crippen molar-refractivity contribution in [1.82, 2.24) is 10.2 Å². The maximum atomic E-state index is 10.9. The number of carbonyl (C=O) groups excluding carboxylic acids is 1. The van der Waals surface area contributed by atoms with Gasteiger partial charge in [-0.2, -0.15) is 0 Å². The van der Waals surface area contributed by atoms with E-state index in [0.717, 1.165) is 5.01 Å². The summed E-state index contributed by atoms with van der Waals surface area (Å²) in [5.41, 5.74) is -0.0329. The van der Waals surface area contributed by atoms with Crippen molar-refractivity contribution >= 4 is 22.4 Å². The van der Waals surface area contributed by atoms with E-state index < -0.39 is 0 Å². The Balaban J connectivity index is 2.78. The van der Waals surface area contributed by atoms with Crippen molar-refractivity contribution in [2.75, 3.05) is 5.32 Å². The van der Waals surface area contributed by atoms with E-state index in [9.17, 15) is 4.79 Å². The van der Waals surface area contributed by atoms with Gasteiger partial charge in [0.2, 0.25) is 11.0 Å². The zero-order valence-electron chi connectivity index (χ0n) is 8.50. The fraction of sp³-hybridized carbons (Fsp3) is 0.444. The first kappa shape index (κ1) is 10.8. The molecule has 5 heteroatoms. The molecule has 0 spiro atoms. The van der Waals surface area contributed by atoms with Crippen LogP contribution in [0.25, 0.3) is 0 Å². The van der Waals surface area contributed by atoms with Crippen LogP contribution in [-0.4, -0.2) is 16.1 Å². The molecule has 0 saturated carbocycles. The Labute approximate surface area is 87.1 Å². The van der Waals surface area contributed by atoms with Crippen LogP contribution in [0.2, 0.25) is 0 Å². The molecular formula is C9H13N3OS. The van der Waals surface area contributed by atoms with Gasteiger partial charge in [-0.15, -0.1) is 10.2 Å². The van der Waals surface area contributed by atoms with Crippen LogP contribution in [0.3, 0.4) is 0 Å². The monoisotopic (exact) mass is 211 g/mol. The highest BCUT2D eigenvalue weighted by molar-refractivity contribution is 7.15. The van der Waals surface area contributed by atoms with E-state index in [2.05, 4.69) is 22.1 Å². The summed E-state index contributed by atoms with van der Waals surface area (Å²) in [7, 11) is 0. The molecule has 0 aromatic carbocycles. The second kappa shape index (κ2) is 3.88. The largest absolute Gasteiger partial charge is 0.297 e. The number of rotatable bonds is 2. The van der Waals surface area contributed by atoms with Crippen molar-refractivity contribution in [3.8, 4) is 0 Å². The topological polar surface area (TPSA) is 54.9 Å². The van der Waals surface area contributed by atoms with E-state index in [1.807, 2.05) is 20.8 Å². The summed E-state index contributed by atoms with van der Waals surface area (Å²) < 4.78 is 0. The summed E-state index contributed by atoms with van der Waals surface area (Å²) in [6.07, 6.45) is 1.21. The van der Waals surface area contributed by atoms with Gasteiger partial charge in [0, 0.05) is 5.41 Å². The van der Waals surface area contributed by atoms with E-state index >= 15 is 0 Å². The maximum absolute atomic E-state index is 10.9. The fourth-order valence-electron chi connectivity index (χ4n) is 0.733. The average Bonchev–Trinajstić information content (AvgIpc) is 2.51. The molecule has 1 aromatic heterocycles. The molecular weight excluding hydrogens is 198 g/mol. The molecule has 4 nitrogen and oxygen atoms in total. The first-order chi connectivity index (χ1) is 6.43. The lowest BCUT2D eigenvalue weighted by Crippen LogP contribution is -2.10. The van der Waals surface area contributed by atoms with Gasteiger partial charge in [-0.1, -0.05) is 38.7 Å². The maximum Gasteiger partial charge on any atom is 0.249 e. The highest BCUT2D eigenvalue weighted by Crippen LogP contribution is 2.27. The molecule has 0 radical (unpaired) electrons. The minimum Gasteiger partial charge on any atom is -0.297 e. The van der Waals surface area contributed by atoms with Crippen LogP contribution in [0.1, 0.15) is 25.8 Å². The second-order valence-corrected chi connectivity index (χ2v) is 4.83. The molecule has 0 unspecified atom stereocenters. The van der Waals surface area contributed by atoms with E-state index in [4.69, 9.17) is 0 Å². The smallest absolute Gasteiger partial charge is 0.249 e. The number of nitrogens with one attached hydrogen (secondary N) is 1. The highest BCUT2D eigenvalue weighted by atomic mass is 32.1. The summed E-state index contributed by atoms with van der Waals surface area (Å²) in [5, 5.41) is 11.8. The zero-order chi connectivity index (χ0) is 10.8. The summed E-state index contributed by atoms with van der Waals surface area (Å²) in [6.45, 7) is 9.50. The zero-order valence-corrected chi connectivity index (χ0v) is 9.31. The molecule has 0 atom stereocenters. The van der Waals surface area contributed by atoms with Crippen molar-refractivity contribution in [3.63, 3.8) is 0 Å². The lowest BCUT2D eigenvalue weighted by Gasteiger charge is -2.12. The van der Waals surface area contributed by atoms with Gasteiger partial charge in [0.25, 0.3) is 0 Å². The van der Waals surface area contributed by atoms with Crippen LogP contribution in [0.5, 0.6) is 0 Å². The number of amides is 1. The van der Waals surface area contributed by atoms with Gasteiger partial charge in [-0.25, -0.2) is 0 Å². The van der Waals surface area contributed by atoms with E-state index in [1.165, 1.54) is 17.4 Å². The molecule has 0 fully saturated rings. The predicted molar refractivity (Wildman–Crippen MR) is 57.4 cm³/mol. The van der Waals surface area contributed by atoms with E-state index in [-0.39, 0.29) is 11.3 Å². The van der Waals surface area contributed by atoms with Crippen LogP contribution < -0.4 is 5.32 Å². The van der Waals surface area contributed by atoms with Crippen molar-refractivity contribution in [1.29, 1.82) is 0 Å². The molecule has 0 aliphatic rings. The van der Waals surface area contributed by atoms with E-state index in [0.29, 0.717) is 5.13 Å². The van der Waals surface area contributed by atoms with Crippen molar-refractivity contribution in [3.05, 3.63) is 17.7 Å². The Kier molecular flexibility index (Phi) is 3.00. The Hall–Kier alpha value is -1.23. The molecule has 76 valence electrons. The molecule has 1 amide bonds. The Morgan fingerprint density at radius 2 is 2.14 bits per heavy atom. The fourth-order valence-corrected chi connectivity index (χ4v) is 1.54. The summed E-state index contributed by atoms with van der Waals surface area (Å²) >= 11 is 1.38. The van der Waals surface area contributed by atoms with Crippen LogP contribution >= 0.6 is 11.3 Å². The van der Waals surface area contributed by atoms with E-state index in [1.54, 1.807) is 0 Å². The average molecular weight is 211 g/mol. The number of hydrogen-bond acceptors (Lipinski definition) is 4. The quantitative estimate of drug-likeness (QED) is 0.761. The SMILES string of the molecule is C=CC(=O)Nc1nnc(C(C)(C)C)s1. The molecule has 1 heterocycles. The Morgan fingerprint density at radius 1 is 1.50 bits per heavy atom. The highest BCUT2D eigenvalue weighted by Gasteiger charge is 2.19. The van der Waals surface area contributed by atoms with Gasteiger partial charge in [-0.05, 0) is 6.08 Å². The normalized spacial score (nSPS) is 11.1. The molecule has 0 aliphatic heterocycles. The van der Waals surface area contributed by atoms with Gasteiger partial charge in [0.15, 0.2) is 0 Å². The van der Waals surface area contributed by atoms with Crippen molar-refractivity contribution in [2.45, 2.75) is 26.2 Å². The third-order valence-corrected chi connectivity index (χ3v) is 2.75. The molecule has 1 rings (SSSR count). The number of aromatic nitrogens is 2. The number of carbonyl (C=O) groups is 1. The van der Waals surface area contributed by atoms with Gasteiger partial charge in [0.1, 0.15) is 5.01 Å². The van der Waals surface area contributed by atoms with Crippen LogP contribution in [0.15, 0.2) is 12.7 Å². The summed E-state index contributed by atoms with van der Waals surface area (Å²) in [4.78, 5) is 10.9. The van der Waals surface area contributed by atoms with Crippen molar-refractivity contribution in [2.24, 2.45) is 0 Å². The first-order valence-corrected chi connectivity index (χ1v) is 5.02. The number of hydrogen-bond donors (Lipinski definition) is 1. The second-order valence-electron chi connectivity index (χ2n) is 3.86. The third kappa shape index (κ3) is 2.63. The molecule has 0 aliphatic carbocycles. The van der Waals surface area contributed by atoms with Gasteiger partial charge in [-0.3, -0.25) is 10.1 Å². The first-order valence-electron chi connectivity index (χ1n) is 4.21. The standard InChI is InChI=1S/C9H13N3OS/c1-5-6(13)10-8-12-11-7(14-8)9(2,3)4/h5H,1H2,2-4H3,(H,10,12,13). The van der Waals surface area contributed by atoms with Gasteiger partial charge in [0.05, 0.1) is 0 Å². The third-order valence-electron chi connectivity index (χ3n) is 1.48. The van der Waals surface area contributed by atoms with Crippen LogP contribution in [0, 0.1) is 0 Å². The van der Waals surface area contributed by atoms with Crippen molar-refractivity contribution < 1.29 is 4.79 Å². The number of anilines is 1. The Bertz CT molecular complexity index is 351. The molecule has 0 bridgehead atoms. The molecule has 14 heavy (non-hydrogen) atoms. The minimum absolute atomic E-state index is 0.0329. The molecule has 1 aromatic rings. The molecule has 0 saturated heterocycles. The predicted octanol–water partition coefficient (Wildman–Crippen LogP) is 1.96. The summed E-state index contributed by atoms with van der Waals surface area (Å²) in [5.74, 6) is -0.262. The molecule has 1 N–H and O–H groups in total. The lowest BCUT2D eigenvalue weighted by molar-refractivity contribution is -0.111. The van der Waals surface area contributed by atoms with Crippen LogP contribution in [-0.2, 0) is 10.2 Å². The summed E-state index contributed by atoms with van der Waals surface area (Å²) in [6, 6.07) is 0. The van der Waals surface area contributed by atoms with Gasteiger partial charge >= 0.3 is 0 Å². The minimum atomic E-state index is -0.262. The Morgan fingerprint density at radius 3 is 2.57 bits per heavy atom.